The van der Waals surface area contributed by atoms with Crippen LogP contribution < -0.4 is 4.72 Å². The Morgan fingerprint density at radius 2 is 2.03 bits per heavy atom. The maximum absolute atomic E-state index is 12.9. The zero-order chi connectivity index (χ0) is 20.4. The van der Waals surface area contributed by atoms with E-state index in [0.717, 1.165) is 36.7 Å². The van der Waals surface area contributed by atoms with Gasteiger partial charge in [-0.15, -0.1) is 0 Å². The van der Waals surface area contributed by atoms with Gasteiger partial charge in [0.1, 0.15) is 0 Å². The second-order valence-electron chi connectivity index (χ2n) is 8.19. The number of benzene rings is 1. The van der Waals surface area contributed by atoms with Crippen LogP contribution in [0.15, 0.2) is 30.5 Å². The minimum absolute atomic E-state index is 0.533. The molecular weight excluding hydrogens is 384 g/mol. The van der Waals surface area contributed by atoms with E-state index in [4.69, 9.17) is 0 Å². The van der Waals surface area contributed by atoms with Crippen LogP contribution in [0.25, 0.3) is 16.5 Å². The molecule has 1 fully saturated rings. The number of hydrogen-bond donors (Lipinski definition) is 2. The molecule has 6 nitrogen and oxygen atoms in total. The molecule has 1 unspecified atom stereocenters. The summed E-state index contributed by atoms with van der Waals surface area (Å²) < 4.78 is 30.0. The predicted molar refractivity (Wildman–Crippen MR) is 120 cm³/mol. The minimum Gasteiger partial charge on any atom is -0.361 e. The Bertz CT molecular complexity index is 989. The van der Waals surface area contributed by atoms with Gasteiger partial charge in [0.25, 0.3) is 0 Å². The molecule has 0 aliphatic carbocycles. The smallest absolute Gasteiger partial charge is 0.301 e. The van der Waals surface area contributed by atoms with E-state index in [1.165, 1.54) is 34.8 Å². The number of hydrogen-bond acceptors (Lipinski definition) is 3. The number of aromatic nitrogens is 1. The molecule has 2 aromatic rings. The van der Waals surface area contributed by atoms with Gasteiger partial charge in [0.05, 0.1) is 5.69 Å². The quantitative estimate of drug-likeness (QED) is 0.678. The van der Waals surface area contributed by atoms with Crippen molar-refractivity contribution in [2.75, 3.05) is 30.9 Å². The highest BCUT2D eigenvalue weighted by atomic mass is 32.2. The van der Waals surface area contributed by atoms with E-state index in [2.05, 4.69) is 26.9 Å². The van der Waals surface area contributed by atoms with Crippen molar-refractivity contribution < 1.29 is 8.42 Å². The standard InChI is InChI=1S/C22H32N4O2S/c1-3-10-26(11-4-2)29(27,28)24-18-7-8-22-20(15-18)21(16-23-22)17-9-13-25-12-5-6-19(25)14-17/h7-9,15-16,19,23-24H,3-6,10-14H2,1-2H3. The van der Waals surface area contributed by atoms with E-state index in [-0.39, 0.29) is 0 Å². The van der Waals surface area contributed by atoms with Crippen LogP contribution in [0, 0.1) is 0 Å². The normalized spacial score (nSPS) is 20.2. The molecular formula is C22H32N4O2S. The van der Waals surface area contributed by atoms with Gasteiger partial charge in [0.2, 0.25) is 0 Å². The van der Waals surface area contributed by atoms with Crippen molar-refractivity contribution in [2.24, 2.45) is 0 Å². The van der Waals surface area contributed by atoms with Crippen LogP contribution in [-0.4, -0.2) is 54.8 Å². The maximum Gasteiger partial charge on any atom is 0.301 e. The van der Waals surface area contributed by atoms with E-state index in [1.54, 1.807) is 0 Å². The molecule has 2 aliphatic rings. The van der Waals surface area contributed by atoms with Crippen LogP contribution in [0.4, 0.5) is 5.69 Å². The second-order valence-corrected chi connectivity index (χ2v) is 9.86. The van der Waals surface area contributed by atoms with Crippen LogP contribution in [0.1, 0.15) is 51.5 Å². The first-order valence-electron chi connectivity index (χ1n) is 10.8. The number of rotatable bonds is 8. The van der Waals surface area contributed by atoms with Gasteiger partial charge in [-0.05, 0) is 62.4 Å². The van der Waals surface area contributed by atoms with Gasteiger partial charge in [-0.3, -0.25) is 9.62 Å². The van der Waals surface area contributed by atoms with E-state index in [9.17, 15) is 8.42 Å². The molecule has 2 N–H and O–H groups in total. The van der Waals surface area contributed by atoms with Crippen molar-refractivity contribution in [2.45, 2.75) is 52.0 Å². The Morgan fingerprint density at radius 1 is 1.24 bits per heavy atom. The molecule has 1 aromatic heterocycles. The molecule has 4 rings (SSSR count). The Labute approximate surface area is 174 Å². The lowest BCUT2D eigenvalue weighted by Gasteiger charge is -2.29. The predicted octanol–water partition coefficient (Wildman–Crippen LogP) is 4.20. The van der Waals surface area contributed by atoms with Crippen LogP contribution in [0.2, 0.25) is 0 Å². The molecule has 1 saturated heterocycles. The Balaban J connectivity index is 1.60. The summed E-state index contributed by atoms with van der Waals surface area (Å²) in [7, 11) is -3.55. The van der Waals surface area contributed by atoms with Gasteiger partial charge in [0, 0.05) is 48.3 Å². The van der Waals surface area contributed by atoms with Crippen molar-refractivity contribution in [1.29, 1.82) is 0 Å². The summed E-state index contributed by atoms with van der Waals surface area (Å²) in [5.41, 5.74) is 4.23. The van der Waals surface area contributed by atoms with Crippen LogP contribution in [-0.2, 0) is 10.2 Å². The molecule has 158 valence electrons. The molecule has 0 bridgehead atoms. The Kier molecular flexibility index (Phi) is 5.99. The topological polar surface area (TPSA) is 68.4 Å². The molecule has 0 amide bonds. The largest absolute Gasteiger partial charge is 0.361 e. The van der Waals surface area contributed by atoms with Gasteiger partial charge in [0.15, 0.2) is 0 Å². The van der Waals surface area contributed by atoms with Crippen molar-refractivity contribution in [1.82, 2.24) is 14.2 Å². The summed E-state index contributed by atoms with van der Waals surface area (Å²) >= 11 is 0. The van der Waals surface area contributed by atoms with Gasteiger partial charge in [-0.1, -0.05) is 19.9 Å². The molecule has 1 aromatic carbocycles. The van der Waals surface area contributed by atoms with Crippen molar-refractivity contribution >= 4 is 32.4 Å². The van der Waals surface area contributed by atoms with E-state index in [0.29, 0.717) is 24.8 Å². The summed E-state index contributed by atoms with van der Waals surface area (Å²) in [4.78, 5) is 5.92. The van der Waals surface area contributed by atoms with Gasteiger partial charge in [-0.2, -0.15) is 12.7 Å². The summed E-state index contributed by atoms with van der Waals surface area (Å²) in [5, 5.41) is 1.08. The van der Waals surface area contributed by atoms with Crippen LogP contribution >= 0.6 is 0 Å². The number of anilines is 1. The van der Waals surface area contributed by atoms with Crippen LogP contribution in [0.5, 0.6) is 0 Å². The first-order valence-corrected chi connectivity index (χ1v) is 12.3. The maximum atomic E-state index is 12.9. The van der Waals surface area contributed by atoms with Crippen molar-refractivity contribution in [3.8, 4) is 0 Å². The van der Waals surface area contributed by atoms with Crippen molar-refractivity contribution in [3.05, 3.63) is 36.0 Å². The number of nitrogens with zero attached hydrogens (tertiary/aromatic N) is 2. The summed E-state index contributed by atoms with van der Waals surface area (Å²) in [5.74, 6) is 0. The SMILES string of the molecule is CCCN(CCC)S(=O)(=O)Nc1ccc2[nH]cc(C3=CCN4CCCC4C3)c2c1. The fraction of sp³-hybridized carbons (Fsp3) is 0.545. The fourth-order valence-corrected chi connectivity index (χ4v) is 6.07. The highest BCUT2D eigenvalue weighted by Gasteiger charge is 2.28. The van der Waals surface area contributed by atoms with Gasteiger partial charge < -0.3 is 4.98 Å². The Morgan fingerprint density at radius 3 is 2.79 bits per heavy atom. The molecule has 0 saturated carbocycles. The summed E-state index contributed by atoms with van der Waals surface area (Å²) in [6, 6.07) is 6.42. The number of fused-ring (bicyclic) bond motifs is 2. The third-order valence-electron chi connectivity index (χ3n) is 6.09. The average molecular weight is 417 g/mol. The third kappa shape index (κ3) is 4.22. The summed E-state index contributed by atoms with van der Waals surface area (Å²) in [6.45, 7) is 7.29. The minimum atomic E-state index is -3.55. The average Bonchev–Trinajstić information content (AvgIpc) is 3.33. The molecule has 7 heteroatoms. The number of aromatic amines is 1. The Hall–Kier alpha value is -1.83. The number of nitrogens with one attached hydrogen (secondary N) is 2. The highest BCUT2D eigenvalue weighted by molar-refractivity contribution is 7.90. The zero-order valence-electron chi connectivity index (χ0n) is 17.4. The molecule has 2 aliphatic heterocycles. The first kappa shape index (κ1) is 20.4. The van der Waals surface area contributed by atoms with E-state index >= 15 is 0 Å². The van der Waals surface area contributed by atoms with E-state index < -0.39 is 10.2 Å². The lowest BCUT2D eigenvalue weighted by atomic mass is 9.94. The molecule has 3 heterocycles. The van der Waals surface area contributed by atoms with Gasteiger partial charge >= 0.3 is 10.2 Å². The van der Waals surface area contributed by atoms with Crippen LogP contribution in [0.3, 0.4) is 0 Å². The lowest BCUT2D eigenvalue weighted by molar-refractivity contribution is 0.275. The summed E-state index contributed by atoms with van der Waals surface area (Å²) in [6.07, 6.45) is 9.64. The first-order chi connectivity index (χ1) is 14.0. The van der Waals surface area contributed by atoms with Gasteiger partial charge in [-0.25, -0.2) is 0 Å². The number of H-pyrrole nitrogens is 1. The monoisotopic (exact) mass is 416 g/mol. The lowest BCUT2D eigenvalue weighted by Crippen LogP contribution is -2.37. The second kappa shape index (κ2) is 8.50. The van der Waals surface area contributed by atoms with Crippen molar-refractivity contribution in [3.63, 3.8) is 0 Å². The fourth-order valence-electron chi connectivity index (χ4n) is 4.67. The molecule has 0 spiro atoms. The molecule has 1 atom stereocenters. The molecule has 0 radical (unpaired) electrons. The van der Waals surface area contributed by atoms with E-state index in [1.807, 2.05) is 32.0 Å². The molecule has 29 heavy (non-hydrogen) atoms. The highest BCUT2D eigenvalue weighted by Crippen LogP contribution is 2.36. The zero-order valence-corrected chi connectivity index (χ0v) is 18.3. The third-order valence-corrected chi connectivity index (χ3v) is 7.63.